The van der Waals surface area contributed by atoms with Crippen molar-refractivity contribution in [3.8, 4) is 34.5 Å². The molecular formula is C24H21BrN2O6. The minimum absolute atomic E-state index is 0.305. The molecule has 0 radical (unpaired) electrons. The van der Waals surface area contributed by atoms with Gasteiger partial charge in [-0.3, -0.25) is 4.79 Å². The van der Waals surface area contributed by atoms with Gasteiger partial charge in [0.2, 0.25) is 11.6 Å². The number of halogens is 1. The maximum atomic E-state index is 12.8. The van der Waals surface area contributed by atoms with E-state index in [1.54, 1.807) is 63.8 Å². The number of carbonyl (C=O) groups excluding carboxylic acids is 1. The van der Waals surface area contributed by atoms with Gasteiger partial charge in [-0.15, -0.1) is 0 Å². The second-order valence-corrected chi connectivity index (χ2v) is 7.83. The van der Waals surface area contributed by atoms with E-state index in [0.29, 0.717) is 56.8 Å². The van der Waals surface area contributed by atoms with Crippen molar-refractivity contribution in [1.29, 1.82) is 0 Å². The molecule has 8 nitrogen and oxygen atoms in total. The molecule has 1 amide bonds. The van der Waals surface area contributed by atoms with Gasteiger partial charge in [0.15, 0.2) is 17.1 Å². The summed E-state index contributed by atoms with van der Waals surface area (Å²) in [5, 5.41) is 2.87. The molecule has 1 aromatic heterocycles. The van der Waals surface area contributed by atoms with Crippen molar-refractivity contribution in [3.63, 3.8) is 0 Å². The van der Waals surface area contributed by atoms with Crippen LogP contribution in [0.1, 0.15) is 10.4 Å². The van der Waals surface area contributed by atoms with E-state index in [4.69, 9.17) is 23.4 Å². The Balaban J connectivity index is 1.66. The van der Waals surface area contributed by atoms with Crippen LogP contribution < -0.4 is 24.3 Å². The van der Waals surface area contributed by atoms with E-state index in [-0.39, 0.29) is 5.91 Å². The first-order valence-corrected chi connectivity index (χ1v) is 10.6. The third-order valence-electron chi connectivity index (χ3n) is 4.96. The lowest BCUT2D eigenvalue weighted by Gasteiger charge is -2.12. The Bertz CT molecular complexity index is 1310. The number of nitrogens with one attached hydrogen (secondary N) is 1. The van der Waals surface area contributed by atoms with Gasteiger partial charge in [0.05, 0.1) is 34.0 Å². The average Bonchev–Trinajstić information content (AvgIpc) is 3.26. The summed E-state index contributed by atoms with van der Waals surface area (Å²) in [6.45, 7) is 0. The van der Waals surface area contributed by atoms with E-state index in [2.05, 4.69) is 26.2 Å². The quantitative estimate of drug-likeness (QED) is 0.347. The molecule has 0 fully saturated rings. The third-order valence-corrected chi connectivity index (χ3v) is 5.46. The molecule has 0 saturated carbocycles. The molecule has 4 aromatic rings. The number of rotatable bonds is 7. The Kier molecular flexibility index (Phi) is 6.41. The Labute approximate surface area is 198 Å². The number of methoxy groups -OCH3 is 4. The summed E-state index contributed by atoms with van der Waals surface area (Å²) in [5.74, 6) is 2.01. The van der Waals surface area contributed by atoms with Crippen LogP contribution >= 0.6 is 15.9 Å². The molecule has 1 N–H and O–H groups in total. The summed E-state index contributed by atoms with van der Waals surface area (Å²) >= 11 is 3.38. The fourth-order valence-corrected chi connectivity index (χ4v) is 3.75. The molecule has 0 aliphatic rings. The number of benzene rings is 3. The second-order valence-electron chi connectivity index (χ2n) is 6.91. The maximum absolute atomic E-state index is 12.8. The van der Waals surface area contributed by atoms with Crippen LogP contribution in [0.3, 0.4) is 0 Å². The SMILES string of the molecule is COc1ccc(Br)cc1C(=O)Nc1ccc2oc(-c3cc(OC)c(OC)c(OC)c3)nc2c1. The van der Waals surface area contributed by atoms with Gasteiger partial charge < -0.3 is 28.7 Å². The average molecular weight is 513 g/mol. The van der Waals surface area contributed by atoms with Crippen molar-refractivity contribution in [2.45, 2.75) is 0 Å². The first-order valence-electron chi connectivity index (χ1n) is 9.83. The molecular weight excluding hydrogens is 492 g/mol. The van der Waals surface area contributed by atoms with E-state index in [9.17, 15) is 4.79 Å². The highest BCUT2D eigenvalue weighted by atomic mass is 79.9. The lowest BCUT2D eigenvalue weighted by molar-refractivity contribution is 0.102. The molecule has 0 atom stereocenters. The maximum Gasteiger partial charge on any atom is 0.259 e. The first kappa shape index (κ1) is 22.5. The molecule has 170 valence electrons. The summed E-state index contributed by atoms with van der Waals surface area (Å²) in [4.78, 5) is 17.4. The van der Waals surface area contributed by atoms with Crippen LogP contribution in [-0.2, 0) is 0 Å². The van der Waals surface area contributed by atoms with Crippen LogP contribution in [0.2, 0.25) is 0 Å². The topological polar surface area (TPSA) is 92.1 Å². The molecule has 0 unspecified atom stereocenters. The summed E-state index contributed by atoms with van der Waals surface area (Å²) in [6.07, 6.45) is 0. The second kappa shape index (κ2) is 9.41. The van der Waals surface area contributed by atoms with Gasteiger partial charge in [-0.25, -0.2) is 4.98 Å². The summed E-state index contributed by atoms with van der Waals surface area (Å²) in [7, 11) is 6.15. The van der Waals surface area contributed by atoms with Gasteiger partial charge in [-0.05, 0) is 48.5 Å². The molecule has 0 saturated heterocycles. The summed E-state index contributed by atoms with van der Waals surface area (Å²) < 4.78 is 28.2. The highest BCUT2D eigenvalue weighted by Crippen LogP contribution is 2.41. The zero-order valence-corrected chi connectivity index (χ0v) is 20.0. The fraction of sp³-hybridized carbons (Fsp3) is 0.167. The van der Waals surface area contributed by atoms with E-state index in [1.807, 2.05) is 6.07 Å². The van der Waals surface area contributed by atoms with Gasteiger partial charge in [0, 0.05) is 15.7 Å². The van der Waals surface area contributed by atoms with Gasteiger partial charge in [-0.2, -0.15) is 0 Å². The standard InChI is InChI=1S/C24H21BrN2O6/c1-29-18-7-5-14(25)11-16(18)23(28)26-15-6-8-19-17(12-15)27-24(33-19)13-9-20(30-2)22(32-4)21(10-13)31-3/h5-12H,1-4H3,(H,26,28). The summed E-state index contributed by atoms with van der Waals surface area (Å²) in [6, 6.07) is 14.0. The number of carbonyl (C=O) groups is 1. The van der Waals surface area contributed by atoms with Gasteiger partial charge in [0.1, 0.15) is 11.3 Å². The van der Waals surface area contributed by atoms with E-state index >= 15 is 0 Å². The number of hydrogen-bond donors (Lipinski definition) is 1. The predicted molar refractivity (Wildman–Crippen MR) is 128 cm³/mol. The van der Waals surface area contributed by atoms with Crippen molar-refractivity contribution in [2.24, 2.45) is 0 Å². The molecule has 4 rings (SSSR count). The number of amides is 1. The first-order chi connectivity index (χ1) is 16.0. The lowest BCUT2D eigenvalue weighted by Crippen LogP contribution is -2.13. The van der Waals surface area contributed by atoms with Gasteiger partial charge in [-0.1, -0.05) is 15.9 Å². The van der Waals surface area contributed by atoms with Crippen LogP contribution in [0.15, 0.2) is 57.4 Å². The highest BCUT2D eigenvalue weighted by Gasteiger charge is 2.18. The van der Waals surface area contributed by atoms with Gasteiger partial charge in [0.25, 0.3) is 5.91 Å². The number of fused-ring (bicyclic) bond motifs is 1. The lowest BCUT2D eigenvalue weighted by atomic mass is 10.1. The zero-order chi connectivity index (χ0) is 23.5. The molecule has 33 heavy (non-hydrogen) atoms. The minimum Gasteiger partial charge on any atom is -0.496 e. The predicted octanol–water partition coefficient (Wildman–Crippen LogP) is 5.54. The Morgan fingerprint density at radius 2 is 1.58 bits per heavy atom. The number of ether oxygens (including phenoxy) is 4. The normalized spacial score (nSPS) is 10.7. The van der Waals surface area contributed by atoms with E-state index in [1.165, 1.54) is 7.11 Å². The van der Waals surface area contributed by atoms with Crippen LogP contribution in [0.4, 0.5) is 5.69 Å². The third kappa shape index (κ3) is 4.45. The number of hydrogen-bond acceptors (Lipinski definition) is 7. The van der Waals surface area contributed by atoms with Crippen molar-refractivity contribution < 1.29 is 28.2 Å². The zero-order valence-electron chi connectivity index (χ0n) is 18.4. The molecule has 9 heteroatoms. The van der Waals surface area contributed by atoms with E-state index < -0.39 is 0 Å². The van der Waals surface area contributed by atoms with Crippen LogP contribution in [0.5, 0.6) is 23.0 Å². The van der Waals surface area contributed by atoms with E-state index in [0.717, 1.165) is 4.47 Å². The molecule has 0 aliphatic heterocycles. The number of oxazole rings is 1. The Hall–Kier alpha value is -3.72. The van der Waals surface area contributed by atoms with Crippen molar-refractivity contribution in [3.05, 3.63) is 58.6 Å². The minimum atomic E-state index is -0.305. The Morgan fingerprint density at radius 1 is 0.879 bits per heavy atom. The molecule has 0 aliphatic carbocycles. The Morgan fingerprint density at radius 3 is 2.21 bits per heavy atom. The number of nitrogens with zero attached hydrogens (tertiary/aromatic N) is 1. The monoisotopic (exact) mass is 512 g/mol. The number of aromatic nitrogens is 1. The summed E-state index contributed by atoms with van der Waals surface area (Å²) in [5.41, 5.74) is 2.78. The molecule has 0 spiro atoms. The van der Waals surface area contributed by atoms with Crippen molar-refractivity contribution in [2.75, 3.05) is 33.8 Å². The smallest absolute Gasteiger partial charge is 0.259 e. The largest absolute Gasteiger partial charge is 0.496 e. The molecule has 3 aromatic carbocycles. The fourth-order valence-electron chi connectivity index (χ4n) is 3.39. The number of anilines is 1. The molecule has 1 heterocycles. The van der Waals surface area contributed by atoms with Gasteiger partial charge >= 0.3 is 0 Å². The van der Waals surface area contributed by atoms with Crippen LogP contribution in [-0.4, -0.2) is 39.3 Å². The highest BCUT2D eigenvalue weighted by molar-refractivity contribution is 9.10. The van der Waals surface area contributed by atoms with Crippen LogP contribution in [0.25, 0.3) is 22.6 Å². The van der Waals surface area contributed by atoms with Crippen molar-refractivity contribution >= 4 is 38.6 Å². The van der Waals surface area contributed by atoms with Crippen molar-refractivity contribution in [1.82, 2.24) is 4.98 Å². The molecule has 0 bridgehead atoms. The van der Waals surface area contributed by atoms with Crippen LogP contribution in [0, 0.1) is 0 Å².